The van der Waals surface area contributed by atoms with Gasteiger partial charge in [-0.2, -0.15) is 0 Å². The van der Waals surface area contributed by atoms with Crippen molar-refractivity contribution in [2.45, 2.75) is 19.8 Å². The molecule has 0 spiro atoms. The number of hydrogen-bond donors (Lipinski definition) is 2. The largest absolute Gasteiger partial charge is 0.497 e. The second-order valence-electron chi connectivity index (χ2n) is 6.01. The number of aliphatic imine (C=N–C) groups is 1. The maximum atomic E-state index is 12.4. The van der Waals surface area contributed by atoms with Crippen molar-refractivity contribution in [1.82, 2.24) is 0 Å². The van der Waals surface area contributed by atoms with Crippen LogP contribution in [0.25, 0.3) is 0 Å². The molecule has 9 heteroatoms. The molecule has 0 aliphatic carbocycles. The maximum Gasteiger partial charge on any atom is 0.253 e. The van der Waals surface area contributed by atoms with Gasteiger partial charge in [0.15, 0.2) is 0 Å². The number of amides is 1. The normalized spacial score (nSPS) is 12.0. The van der Waals surface area contributed by atoms with E-state index >= 15 is 0 Å². The first-order valence-corrected chi connectivity index (χ1v) is 9.52. The highest BCUT2D eigenvalue weighted by Crippen LogP contribution is 2.29. The first-order chi connectivity index (χ1) is 13.8. The molecule has 2 rings (SSSR count). The molecule has 2 aromatic rings. The third-order valence-corrected chi connectivity index (χ3v) is 4.46. The Morgan fingerprint density at radius 3 is 2.31 bits per heavy atom. The molecule has 0 saturated heterocycles. The number of amidine groups is 1. The SMILES string of the molecule is CCON=C(CC(=O)N=C(N)Cc1cc(Cl)c(N)c(Cl)c1)c1ccc(OC)cc1. The maximum absolute atomic E-state index is 12.4. The molecule has 154 valence electrons. The van der Waals surface area contributed by atoms with Gasteiger partial charge in [0.1, 0.15) is 18.2 Å². The number of nitrogens with two attached hydrogens (primary N) is 2. The molecule has 29 heavy (non-hydrogen) atoms. The number of benzene rings is 2. The zero-order valence-electron chi connectivity index (χ0n) is 16.1. The monoisotopic (exact) mass is 436 g/mol. The van der Waals surface area contributed by atoms with Gasteiger partial charge in [0.2, 0.25) is 0 Å². The molecule has 0 aliphatic rings. The summed E-state index contributed by atoms with van der Waals surface area (Å²) >= 11 is 12.0. The summed E-state index contributed by atoms with van der Waals surface area (Å²) in [5.74, 6) is 0.362. The van der Waals surface area contributed by atoms with Crippen LogP contribution in [0.3, 0.4) is 0 Å². The van der Waals surface area contributed by atoms with Crippen LogP contribution in [0.4, 0.5) is 5.69 Å². The van der Waals surface area contributed by atoms with Crippen LogP contribution in [0.5, 0.6) is 5.75 Å². The molecular formula is C20H22Cl2N4O3. The van der Waals surface area contributed by atoms with Crippen molar-refractivity contribution >= 4 is 46.3 Å². The van der Waals surface area contributed by atoms with E-state index in [-0.39, 0.29) is 18.7 Å². The third-order valence-electron chi connectivity index (χ3n) is 3.84. The van der Waals surface area contributed by atoms with Crippen LogP contribution in [0, 0.1) is 0 Å². The number of rotatable bonds is 8. The number of carbonyl (C=O) groups excluding carboxylic acids is 1. The molecule has 0 atom stereocenters. The van der Waals surface area contributed by atoms with E-state index in [4.69, 9.17) is 44.2 Å². The number of oxime groups is 1. The fraction of sp³-hybridized carbons (Fsp3) is 0.250. The number of halogens is 2. The predicted octanol–water partition coefficient (Wildman–Crippen LogP) is 3.84. The summed E-state index contributed by atoms with van der Waals surface area (Å²) in [4.78, 5) is 21.5. The number of carbonyl (C=O) groups is 1. The number of nitrogens with zero attached hydrogens (tertiary/aromatic N) is 2. The molecular weight excluding hydrogens is 415 g/mol. The zero-order chi connectivity index (χ0) is 21.4. The van der Waals surface area contributed by atoms with Gasteiger partial charge in [0, 0.05) is 12.0 Å². The Bertz CT molecular complexity index is 905. The standard InChI is InChI=1S/C20H22Cl2N4O3/c1-3-29-26-17(13-4-6-14(28-2)7-5-13)11-19(27)25-18(23)10-12-8-15(21)20(24)16(22)9-12/h4-9H,3,10-11,24H2,1-2H3,(H2,23,25,27). The lowest BCUT2D eigenvalue weighted by atomic mass is 10.1. The minimum Gasteiger partial charge on any atom is -0.497 e. The van der Waals surface area contributed by atoms with Gasteiger partial charge in [-0.05, 0) is 48.9 Å². The number of hydrogen-bond acceptors (Lipinski definition) is 5. The molecule has 4 N–H and O–H groups in total. The first-order valence-electron chi connectivity index (χ1n) is 8.76. The van der Waals surface area contributed by atoms with Crippen LogP contribution in [0.1, 0.15) is 24.5 Å². The Labute approximate surface area is 179 Å². The fourth-order valence-electron chi connectivity index (χ4n) is 2.44. The second kappa shape index (κ2) is 10.7. The average molecular weight is 437 g/mol. The minimum absolute atomic E-state index is 0.0731. The lowest BCUT2D eigenvalue weighted by Gasteiger charge is -2.08. The highest BCUT2D eigenvalue weighted by atomic mass is 35.5. The summed E-state index contributed by atoms with van der Waals surface area (Å²) in [6.07, 6.45) is 0.127. The summed E-state index contributed by atoms with van der Waals surface area (Å²) in [7, 11) is 1.58. The quantitative estimate of drug-likeness (QED) is 0.282. The molecule has 0 heterocycles. The van der Waals surface area contributed by atoms with Crippen LogP contribution in [-0.2, 0) is 16.1 Å². The number of nitrogen functional groups attached to an aromatic ring is 1. The molecule has 0 fully saturated rings. The molecule has 0 unspecified atom stereocenters. The van der Waals surface area contributed by atoms with Crippen molar-refractivity contribution in [1.29, 1.82) is 0 Å². The van der Waals surface area contributed by atoms with Crippen molar-refractivity contribution in [2.24, 2.45) is 15.9 Å². The van der Waals surface area contributed by atoms with E-state index in [1.165, 1.54) is 0 Å². The Balaban J connectivity index is 2.13. The zero-order valence-corrected chi connectivity index (χ0v) is 17.6. The summed E-state index contributed by atoms with van der Waals surface area (Å²) in [5.41, 5.74) is 13.8. The van der Waals surface area contributed by atoms with E-state index in [2.05, 4.69) is 10.1 Å². The van der Waals surface area contributed by atoms with Crippen molar-refractivity contribution in [2.75, 3.05) is 19.5 Å². The van der Waals surface area contributed by atoms with E-state index in [0.717, 1.165) is 5.56 Å². The first kappa shape index (κ1) is 22.5. The Hall–Kier alpha value is -2.77. The molecule has 0 radical (unpaired) electrons. The number of anilines is 1. The van der Waals surface area contributed by atoms with Gasteiger partial charge in [-0.1, -0.05) is 28.4 Å². The minimum atomic E-state index is -0.454. The topological polar surface area (TPSA) is 112 Å². The highest BCUT2D eigenvalue weighted by molar-refractivity contribution is 6.39. The summed E-state index contributed by atoms with van der Waals surface area (Å²) < 4.78 is 5.14. The van der Waals surface area contributed by atoms with Crippen LogP contribution < -0.4 is 16.2 Å². The van der Waals surface area contributed by atoms with Crippen LogP contribution in [0.2, 0.25) is 10.0 Å². The number of ether oxygens (including phenoxy) is 1. The fourth-order valence-corrected chi connectivity index (χ4v) is 2.98. The lowest BCUT2D eigenvalue weighted by molar-refractivity contribution is -0.116. The number of methoxy groups -OCH3 is 1. The van der Waals surface area contributed by atoms with E-state index in [0.29, 0.717) is 39.4 Å². The van der Waals surface area contributed by atoms with Crippen molar-refractivity contribution in [3.8, 4) is 5.75 Å². The third kappa shape index (κ3) is 6.66. The van der Waals surface area contributed by atoms with Gasteiger partial charge >= 0.3 is 0 Å². The second-order valence-corrected chi connectivity index (χ2v) is 6.82. The molecule has 0 aliphatic heterocycles. The van der Waals surface area contributed by atoms with Gasteiger partial charge in [-0.25, -0.2) is 4.99 Å². The molecule has 0 bridgehead atoms. The Morgan fingerprint density at radius 2 is 1.76 bits per heavy atom. The van der Waals surface area contributed by atoms with Gasteiger partial charge in [0.25, 0.3) is 5.91 Å². The predicted molar refractivity (Wildman–Crippen MR) is 117 cm³/mol. The molecule has 0 aromatic heterocycles. The van der Waals surface area contributed by atoms with Gasteiger partial charge in [-0.15, -0.1) is 0 Å². The Morgan fingerprint density at radius 1 is 1.14 bits per heavy atom. The van der Waals surface area contributed by atoms with Gasteiger partial charge in [-0.3, -0.25) is 4.79 Å². The smallest absolute Gasteiger partial charge is 0.253 e. The van der Waals surface area contributed by atoms with Crippen LogP contribution in [0.15, 0.2) is 46.5 Å². The molecule has 1 amide bonds. The summed E-state index contributed by atoms with van der Waals surface area (Å²) in [6.45, 7) is 2.17. The van der Waals surface area contributed by atoms with Crippen molar-refractivity contribution < 1.29 is 14.4 Å². The average Bonchev–Trinajstić information content (AvgIpc) is 2.69. The summed E-state index contributed by atoms with van der Waals surface area (Å²) in [6, 6.07) is 10.4. The molecule has 0 saturated carbocycles. The summed E-state index contributed by atoms with van der Waals surface area (Å²) in [5, 5.41) is 4.66. The molecule has 7 nitrogen and oxygen atoms in total. The lowest BCUT2D eigenvalue weighted by Crippen LogP contribution is -2.19. The van der Waals surface area contributed by atoms with E-state index < -0.39 is 5.91 Å². The van der Waals surface area contributed by atoms with E-state index in [1.807, 2.05) is 0 Å². The highest BCUT2D eigenvalue weighted by Gasteiger charge is 2.13. The van der Waals surface area contributed by atoms with Crippen LogP contribution >= 0.6 is 23.2 Å². The van der Waals surface area contributed by atoms with Crippen molar-refractivity contribution in [3.63, 3.8) is 0 Å². The molecule has 2 aromatic carbocycles. The van der Waals surface area contributed by atoms with E-state index in [9.17, 15) is 4.79 Å². The van der Waals surface area contributed by atoms with Crippen molar-refractivity contribution in [3.05, 3.63) is 57.6 Å². The van der Waals surface area contributed by atoms with Gasteiger partial charge in [0.05, 0.1) is 35.0 Å². The van der Waals surface area contributed by atoms with Crippen LogP contribution in [-0.4, -0.2) is 31.2 Å². The van der Waals surface area contributed by atoms with E-state index in [1.54, 1.807) is 50.4 Å². The van der Waals surface area contributed by atoms with Gasteiger partial charge < -0.3 is 21.0 Å². The Kier molecular flexibility index (Phi) is 8.30.